The van der Waals surface area contributed by atoms with E-state index < -0.39 is 24.6 Å². The second-order valence-electron chi connectivity index (χ2n) is 3.82. The number of alkyl halides is 3. The molecule has 2 N–H and O–H groups in total. The highest BCUT2D eigenvalue weighted by Crippen LogP contribution is 2.26. The van der Waals surface area contributed by atoms with Gasteiger partial charge in [0.15, 0.2) is 5.92 Å². The van der Waals surface area contributed by atoms with Gasteiger partial charge in [0.1, 0.15) is 0 Å². The normalized spacial score (nSPS) is 23.1. The molecular weight excluding hydrogens is 223 g/mol. The summed E-state index contributed by atoms with van der Waals surface area (Å²) < 4.78 is 36.9. The fraction of sp³-hybridized carbons (Fsp3) is 0.700. The molecule has 0 aromatic rings. The van der Waals surface area contributed by atoms with Crippen LogP contribution in [0.2, 0.25) is 0 Å². The maximum Gasteiger partial charge on any atom is 0.403 e. The summed E-state index contributed by atoms with van der Waals surface area (Å²) in [5, 5.41) is 11.1. The molecule has 0 bridgehead atoms. The average Bonchev–Trinajstić information content (AvgIpc) is 2.17. The molecule has 0 aromatic heterocycles. The van der Waals surface area contributed by atoms with Crippen molar-refractivity contribution in [2.45, 2.75) is 31.5 Å². The Labute approximate surface area is 91.3 Å². The minimum atomic E-state index is -4.69. The van der Waals surface area contributed by atoms with Crippen LogP contribution in [0.3, 0.4) is 0 Å². The molecule has 0 fully saturated rings. The zero-order chi connectivity index (χ0) is 12.2. The Balaban J connectivity index is 2.44. The highest BCUT2D eigenvalue weighted by Gasteiger charge is 2.44. The van der Waals surface area contributed by atoms with E-state index in [4.69, 9.17) is 5.11 Å². The Morgan fingerprint density at radius 1 is 1.50 bits per heavy atom. The Hall–Kier alpha value is -1.04. The van der Waals surface area contributed by atoms with Crippen LogP contribution in [0.4, 0.5) is 13.2 Å². The second-order valence-corrected chi connectivity index (χ2v) is 3.82. The van der Waals surface area contributed by atoms with Crippen LogP contribution in [-0.2, 0) is 4.79 Å². The molecule has 0 saturated heterocycles. The minimum Gasteiger partial charge on any atom is -0.481 e. The zero-order valence-corrected chi connectivity index (χ0v) is 8.63. The van der Waals surface area contributed by atoms with Gasteiger partial charge in [-0.1, -0.05) is 12.2 Å². The molecule has 0 saturated carbocycles. The van der Waals surface area contributed by atoms with Crippen LogP contribution in [0.15, 0.2) is 12.2 Å². The number of aliphatic carboxylic acids is 1. The lowest BCUT2D eigenvalue weighted by atomic mass is 10.0. The minimum absolute atomic E-state index is 0.0470. The van der Waals surface area contributed by atoms with E-state index in [1.165, 1.54) is 0 Å². The van der Waals surface area contributed by atoms with Crippen molar-refractivity contribution in [3.8, 4) is 0 Å². The third-order valence-electron chi connectivity index (χ3n) is 2.57. The van der Waals surface area contributed by atoms with Crippen LogP contribution in [0, 0.1) is 5.92 Å². The van der Waals surface area contributed by atoms with E-state index in [0.717, 1.165) is 12.8 Å². The van der Waals surface area contributed by atoms with Gasteiger partial charge in [0.2, 0.25) is 0 Å². The maximum atomic E-state index is 12.3. The monoisotopic (exact) mass is 237 g/mol. The Bertz CT molecular complexity index is 276. The smallest absolute Gasteiger partial charge is 0.403 e. The molecule has 16 heavy (non-hydrogen) atoms. The van der Waals surface area contributed by atoms with Gasteiger partial charge in [-0.05, 0) is 19.3 Å². The van der Waals surface area contributed by atoms with Gasteiger partial charge in [-0.2, -0.15) is 13.2 Å². The molecule has 0 spiro atoms. The van der Waals surface area contributed by atoms with Crippen LogP contribution in [0.1, 0.15) is 19.3 Å². The van der Waals surface area contributed by atoms with Crippen LogP contribution in [0.25, 0.3) is 0 Å². The summed E-state index contributed by atoms with van der Waals surface area (Å²) in [5.74, 6) is -4.15. The number of rotatable bonds is 4. The molecule has 0 heterocycles. The fourth-order valence-electron chi connectivity index (χ4n) is 1.61. The summed E-state index contributed by atoms with van der Waals surface area (Å²) in [7, 11) is 0. The van der Waals surface area contributed by atoms with Gasteiger partial charge in [0.25, 0.3) is 0 Å². The number of hydrogen-bond acceptors (Lipinski definition) is 2. The standard InChI is InChI=1S/C10H14F3NO2/c11-10(12,13)8(9(15)16)6-14-7-4-2-1-3-5-7/h1-2,7-8,14H,3-6H2,(H,15,16). The quantitative estimate of drug-likeness (QED) is 0.735. The third kappa shape index (κ3) is 3.84. The summed E-state index contributed by atoms with van der Waals surface area (Å²) >= 11 is 0. The molecular formula is C10H14F3NO2. The van der Waals surface area contributed by atoms with Crippen molar-refractivity contribution in [1.82, 2.24) is 5.32 Å². The molecule has 3 nitrogen and oxygen atoms in total. The van der Waals surface area contributed by atoms with E-state index in [-0.39, 0.29) is 6.04 Å². The fourth-order valence-corrected chi connectivity index (χ4v) is 1.61. The molecule has 1 aliphatic rings. The number of carboxylic acid groups (broad SMARTS) is 1. The zero-order valence-electron chi connectivity index (χ0n) is 8.63. The molecule has 1 aliphatic carbocycles. The molecule has 0 radical (unpaired) electrons. The Morgan fingerprint density at radius 2 is 2.19 bits per heavy atom. The van der Waals surface area contributed by atoms with Gasteiger partial charge in [-0.15, -0.1) is 0 Å². The highest BCUT2D eigenvalue weighted by molar-refractivity contribution is 5.71. The van der Waals surface area contributed by atoms with E-state index in [1.807, 2.05) is 12.2 Å². The van der Waals surface area contributed by atoms with Gasteiger partial charge in [-0.25, -0.2) is 0 Å². The third-order valence-corrected chi connectivity index (χ3v) is 2.57. The van der Waals surface area contributed by atoms with Crippen molar-refractivity contribution < 1.29 is 23.1 Å². The lowest BCUT2D eigenvalue weighted by molar-refractivity contribution is -0.192. The van der Waals surface area contributed by atoms with Gasteiger partial charge in [0, 0.05) is 12.6 Å². The molecule has 0 aliphatic heterocycles. The number of allylic oxidation sites excluding steroid dienone is 1. The predicted octanol–water partition coefficient (Wildman–Crippen LogP) is 1.95. The first kappa shape index (κ1) is 13.0. The molecule has 6 heteroatoms. The van der Waals surface area contributed by atoms with E-state index in [1.54, 1.807) is 0 Å². The van der Waals surface area contributed by atoms with Crippen LogP contribution < -0.4 is 5.32 Å². The van der Waals surface area contributed by atoms with Crippen LogP contribution >= 0.6 is 0 Å². The number of nitrogens with one attached hydrogen (secondary N) is 1. The Kier molecular flexibility index (Phi) is 4.35. The van der Waals surface area contributed by atoms with Crippen molar-refractivity contribution in [3.05, 3.63) is 12.2 Å². The predicted molar refractivity (Wildman–Crippen MR) is 52.0 cm³/mol. The number of carboxylic acids is 1. The van der Waals surface area contributed by atoms with Gasteiger partial charge >= 0.3 is 12.1 Å². The van der Waals surface area contributed by atoms with Crippen molar-refractivity contribution >= 4 is 5.97 Å². The molecule has 0 aromatic carbocycles. The summed E-state index contributed by atoms with van der Waals surface area (Å²) in [6, 6.07) is -0.0470. The first-order chi connectivity index (χ1) is 7.41. The van der Waals surface area contributed by atoms with Gasteiger partial charge in [0.05, 0.1) is 0 Å². The van der Waals surface area contributed by atoms with Crippen LogP contribution in [0.5, 0.6) is 0 Å². The SMILES string of the molecule is O=C(O)C(CNC1CC=CCC1)C(F)(F)F. The van der Waals surface area contributed by atoms with Gasteiger partial charge < -0.3 is 10.4 Å². The van der Waals surface area contributed by atoms with Crippen LogP contribution in [-0.4, -0.2) is 29.8 Å². The molecule has 1 rings (SSSR count). The summed E-state index contributed by atoms with van der Waals surface area (Å²) in [6.45, 7) is -0.558. The van der Waals surface area contributed by atoms with Crippen molar-refractivity contribution in [2.24, 2.45) is 5.92 Å². The largest absolute Gasteiger partial charge is 0.481 e. The van der Waals surface area contributed by atoms with Gasteiger partial charge in [-0.3, -0.25) is 4.79 Å². The topological polar surface area (TPSA) is 49.3 Å². The molecule has 2 unspecified atom stereocenters. The van der Waals surface area contributed by atoms with Crippen molar-refractivity contribution in [3.63, 3.8) is 0 Å². The lowest BCUT2D eigenvalue weighted by Crippen LogP contribution is -2.42. The Morgan fingerprint density at radius 3 is 2.62 bits per heavy atom. The summed E-state index contributed by atoms with van der Waals surface area (Å²) in [5.41, 5.74) is 0. The first-order valence-corrected chi connectivity index (χ1v) is 5.09. The summed E-state index contributed by atoms with van der Waals surface area (Å²) in [6.07, 6.45) is 1.40. The molecule has 0 amide bonds. The average molecular weight is 237 g/mol. The lowest BCUT2D eigenvalue weighted by Gasteiger charge is -2.23. The second kappa shape index (κ2) is 5.34. The number of carbonyl (C=O) groups is 1. The maximum absolute atomic E-state index is 12.3. The number of halogens is 3. The number of hydrogen-bond donors (Lipinski definition) is 2. The highest BCUT2D eigenvalue weighted by atomic mass is 19.4. The van der Waals surface area contributed by atoms with E-state index in [9.17, 15) is 18.0 Å². The molecule has 2 atom stereocenters. The summed E-state index contributed by atoms with van der Waals surface area (Å²) in [4.78, 5) is 10.4. The van der Waals surface area contributed by atoms with Crippen molar-refractivity contribution in [1.29, 1.82) is 0 Å². The molecule has 92 valence electrons. The van der Waals surface area contributed by atoms with E-state index in [2.05, 4.69) is 5.32 Å². The van der Waals surface area contributed by atoms with Crippen molar-refractivity contribution in [2.75, 3.05) is 6.54 Å². The van der Waals surface area contributed by atoms with E-state index >= 15 is 0 Å². The van der Waals surface area contributed by atoms with E-state index in [0.29, 0.717) is 6.42 Å². The first-order valence-electron chi connectivity index (χ1n) is 5.09.